The van der Waals surface area contributed by atoms with Crippen LogP contribution in [0.25, 0.3) is 0 Å². The summed E-state index contributed by atoms with van der Waals surface area (Å²) >= 11 is -2.10. The van der Waals surface area contributed by atoms with Crippen LogP contribution in [0.2, 0.25) is 0 Å². The Morgan fingerprint density at radius 3 is 1.92 bits per heavy atom. The fourth-order valence-electron chi connectivity index (χ4n) is 0.470. The summed E-state index contributed by atoms with van der Waals surface area (Å²) < 4.78 is 34.4. The Hall–Kier alpha value is 0.0400. The molecule has 0 bridgehead atoms. The first-order valence-electron chi connectivity index (χ1n) is 3.00. The molecule has 0 saturated carbocycles. The Balaban J connectivity index is 0. The first-order valence-corrected chi connectivity index (χ1v) is 8.30. The summed E-state index contributed by atoms with van der Waals surface area (Å²) in [4.78, 5) is 0. The molecule has 0 aliphatic rings. The summed E-state index contributed by atoms with van der Waals surface area (Å²) in [6.07, 6.45) is 3.17. The molecule has 5 nitrogen and oxygen atoms in total. The van der Waals surface area contributed by atoms with Crippen molar-refractivity contribution in [3.63, 3.8) is 0 Å². The molecule has 0 aromatic rings. The molecule has 3 N–H and O–H groups in total. The summed E-state index contributed by atoms with van der Waals surface area (Å²) in [5.41, 5.74) is 0. The molecule has 0 fully saturated rings. The zero-order valence-electron chi connectivity index (χ0n) is 6.94. The van der Waals surface area contributed by atoms with Gasteiger partial charge in [-0.25, -0.2) is 0 Å². The molecule has 0 aliphatic heterocycles. The maximum Gasteiger partial charge on any atom is -0.412 e. The van der Waals surface area contributed by atoms with Gasteiger partial charge in [0.2, 0.25) is 0 Å². The van der Waals surface area contributed by atoms with Crippen molar-refractivity contribution >= 4 is 30.6 Å². The van der Waals surface area contributed by atoms with Crippen LogP contribution in [0, 0.1) is 0 Å². The summed E-state index contributed by atoms with van der Waals surface area (Å²) in [5, 5.41) is 0. The summed E-state index contributed by atoms with van der Waals surface area (Å²) in [5.74, 6) is 0. The molecule has 0 aromatic heterocycles. The van der Waals surface area contributed by atoms with E-state index in [1.807, 2.05) is 0 Å². The maximum atomic E-state index is 10.3. The Morgan fingerprint density at radius 2 is 1.69 bits per heavy atom. The van der Waals surface area contributed by atoms with Crippen molar-refractivity contribution in [2.45, 2.75) is 0 Å². The van der Waals surface area contributed by atoms with Gasteiger partial charge < -0.3 is 5.48 Å². The minimum absolute atomic E-state index is 0. The van der Waals surface area contributed by atoms with Gasteiger partial charge in [0, 0.05) is 0 Å². The number of hydrogen-bond acceptors (Lipinski definition) is 3. The maximum absolute atomic E-state index is 10.3. The largest absolute Gasteiger partial charge is 0.412 e. The van der Waals surface area contributed by atoms with Gasteiger partial charge in [-0.1, -0.05) is 0 Å². The first kappa shape index (κ1) is 15.5. The molecule has 0 atom stereocenters. The smallest absolute Gasteiger partial charge is 0.412 e. The van der Waals surface area contributed by atoms with E-state index in [1.165, 1.54) is 0 Å². The van der Waals surface area contributed by atoms with Crippen molar-refractivity contribution in [1.29, 1.82) is 0 Å². The first-order chi connectivity index (χ1) is 5.49. The topological polar surface area (TPSA) is 95.1 Å². The van der Waals surface area contributed by atoms with Gasteiger partial charge in [-0.3, -0.25) is 0 Å². The summed E-state index contributed by atoms with van der Waals surface area (Å²) in [7, 11) is -4.29. The van der Waals surface area contributed by atoms with Gasteiger partial charge in [-0.15, -0.1) is 0 Å². The fraction of sp³-hybridized carbons (Fsp3) is 0.333. The van der Waals surface area contributed by atoms with Crippen LogP contribution in [0.5, 0.6) is 0 Å². The molecule has 13 heavy (non-hydrogen) atoms. The molecule has 0 spiro atoms. The molecular formula is C6H13IO5S. The minimum atomic E-state index is -4.29. The van der Waals surface area contributed by atoms with Crippen LogP contribution in [-0.4, -0.2) is 27.3 Å². The third-order valence-corrected chi connectivity index (χ3v) is 7.17. The van der Waals surface area contributed by atoms with Crippen LogP contribution in [0.15, 0.2) is 25.3 Å². The number of alkyl halides is 2. The standard InChI is InChI=1S/C6H11IO4S.H2O/c1-3-5-7(6-4-2)11-12(8,9)10;/h3-4H,1-2,5-6H2,(H,8,9,10);1H2. The third kappa shape index (κ3) is 9.96. The molecule has 0 heterocycles. The average molecular weight is 324 g/mol. The monoisotopic (exact) mass is 324 g/mol. The van der Waals surface area contributed by atoms with E-state index in [9.17, 15) is 8.42 Å². The van der Waals surface area contributed by atoms with E-state index in [-0.39, 0.29) is 5.48 Å². The van der Waals surface area contributed by atoms with Gasteiger partial charge in [0.15, 0.2) is 0 Å². The van der Waals surface area contributed by atoms with E-state index >= 15 is 0 Å². The quantitative estimate of drug-likeness (QED) is 0.338. The van der Waals surface area contributed by atoms with Crippen molar-refractivity contribution in [3.8, 4) is 0 Å². The van der Waals surface area contributed by atoms with E-state index in [0.717, 1.165) is 0 Å². The zero-order chi connectivity index (χ0) is 9.61. The van der Waals surface area contributed by atoms with Crippen molar-refractivity contribution in [3.05, 3.63) is 25.3 Å². The molecule has 0 aliphatic carbocycles. The van der Waals surface area contributed by atoms with Crippen LogP contribution in [0.1, 0.15) is 0 Å². The molecule has 0 rings (SSSR count). The van der Waals surface area contributed by atoms with Gasteiger partial charge in [0.1, 0.15) is 0 Å². The predicted molar refractivity (Wildman–Crippen MR) is 60.4 cm³/mol. The molecule has 0 unspecified atom stereocenters. The molecule has 0 aromatic carbocycles. The second kappa shape index (κ2) is 7.44. The van der Waals surface area contributed by atoms with Crippen molar-refractivity contribution < 1.29 is 21.0 Å². The molecule has 0 radical (unpaired) electrons. The summed E-state index contributed by atoms with van der Waals surface area (Å²) in [6, 6.07) is 0. The van der Waals surface area contributed by atoms with Crippen molar-refractivity contribution in [2.24, 2.45) is 0 Å². The second-order valence-corrected chi connectivity index (χ2v) is 7.93. The molecule has 0 saturated heterocycles. The van der Waals surface area contributed by atoms with Gasteiger partial charge in [0.25, 0.3) is 0 Å². The Bertz CT molecular complexity index is 238. The number of rotatable bonds is 6. The Morgan fingerprint density at radius 1 is 1.31 bits per heavy atom. The van der Waals surface area contributed by atoms with Crippen LogP contribution in [0.4, 0.5) is 0 Å². The van der Waals surface area contributed by atoms with E-state index in [2.05, 4.69) is 15.7 Å². The minimum Gasteiger partial charge on any atom is -0.412 e. The van der Waals surface area contributed by atoms with Crippen molar-refractivity contribution in [1.82, 2.24) is 0 Å². The normalized spacial score (nSPS) is 11.3. The van der Waals surface area contributed by atoms with E-state index in [4.69, 9.17) is 4.55 Å². The van der Waals surface area contributed by atoms with Crippen LogP contribution >= 0.6 is 20.2 Å². The van der Waals surface area contributed by atoms with Gasteiger partial charge >= 0.3 is 80.3 Å². The summed E-state index contributed by atoms with van der Waals surface area (Å²) in [6.45, 7) is 6.92. The Labute approximate surface area is 85.7 Å². The number of hydrogen-bond donors (Lipinski definition) is 1. The Kier molecular flexibility index (Phi) is 8.88. The molecule has 0 amide bonds. The SMILES string of the molecule is C=CCI(CC=C)OS(=O)(=O)O.O. The van der Waals surface area contributed by atoms with E-state index < -0.39 is 30.6 Å². The van der Waals surface area contributed by atoms with E-state index in [1.54, 1.807) is 12.2 Å². The van der Waals surface area contributed by atoms with Gasteiger partial charge in [-0.05, 0) is 0 Å². The predicted octanol–water partition coefficient (Wildman–Crippen LogP) is 0.774. The fourth-order valence-corrected chi connectivity index (χ4v) is 5.36. The van der Waals surface area contributed by atoms with Crippen LogP contribution < -0.4 is 0 Å². The van der Waals surface area contributed by atoms with Gasteiger partial charge in [0.05, 0.1) is 0 Å². The molecule has 80 valence electrons. The number of allylic oxidation sites excluding steroid dienone is 2. The number of halogens is 1. The third-order valence-electron chi connectivity index (χ3n) is 0.731. The second-order valence-electron chi connectivity index (χ2n) is 1.78. The van der Waals surface area contributed by atoms with Crippen LogP contribution in [0.3, 0.4) is 0 Å². The van der Waals surface area contributed by atoms with Gasteiger partial charge in [-0.2, -0.15) is 0 Å². The van der Waals surface area contributed by atoms with E-state index in [0.29, 0.717) is 8.86 Å². The molecular weight excluding hydrogens is 311 g/mol. The average Bonchev–Trinajstić information content (AvgIpc) is 1.84. The van der Waals surface area contributed by atoms with Crippen molar-refractivity contribution in [2.75, 3.05) is 8.86 Å². The zero-order valence-corrected chi connectivity index (χ0v) is 9.92. The van der Waals surface area contributed by atoms with Crippen LogP contribution in [-0.2, 0) is 12.9 Å². The molecule has 7 heteroatoms.